The molecule has 0 aliphatic heterocycles. The number of carbonyl (C=O) groups excluding carboxylic acids is 2. The van der Waals surface area contributed by atoms with E-state index in [2.05, 4.69) is 5.32 Å². The molecule has 2 aromatic carbocycles. The molecule has 0 bridgehead atoms. The van der Waals surface area contributed by atoms with Gasteiger partial charge in [0.25, 0.3) is 0 Å². The van der Waals surface area contributed by atoms with E-state index in [0.29, 0.717) is 22.0 Å². The maximum absolute atomic E-state index is 13.4. The largest absolute Gasteiger partial charge is 0.352 e. The standard InChI is InChI=1S/C25H33Cl2N3O4S/c1-5-23(25(32)28-18(2)3)30(17-20-21(26)13-9-14-22(20)27)24(31)15-10-16-29(4)35(33,34)19-11-7-6-8-12-19/h6-9,11-14,18,23H,5,10,15-17H2,1-4H3,(H,28,32). The second-order valence-corrected chi connectivity index (χ2v) is 11.4. The van der Waals surface area contributed by atoms with Crippen molar-refractivity contribution in [2.45, 2.75) is 63.6 Å². The Labute approximate surface area is 218 Å². The molecule has 0 aliphatic rings. The monoisotopic (exact) mass is 541 g/mol. The Balaban J connectivity index is 2.19. The highest BCUT2D eigenvalue weighted by Crippen LogP contribution is 2.27. The number of benzene rings is 2. The average Bonchev–Trinajstić information content (AvgIpc) is 2.80. The van der Waals surface area contributed by atoms with Crippen molar-refractivity contribution in [3.63, 3.8) is 0 Å². The van der Waals surface area contributed by atoms with Crippen molar-refractivity contribution in [3.05, 3.63) is 64.1 Å². The zero-order chi connectivity index (χ0) is 26.2. The number of carbonyl (C=O) groups is 2. The predicted octanol–water partition coefficient (Wildman–Crippen LogP) is 4.73. The van der Waals surface area contributed by atoms with E-state index in [1.165, 1.54) is 28.4 Å². The highest BCUT2D eigenvalue weighted by molar-refractivity contribution is 7.89. The average molecular weight is 543 g/mol. The zero-order valence-corrected chi connectivity index (χ0v) is 22.8. The fraction of sp³-hybridized carbons (Fsp3) is 0.440. The maximum Gasteiger partial charge on any atom is 0.243 e. The topological polar surface area (TPSA) is 86.8 Å². The van der Waals surface area contributed by atoms with Crippen molar-refractivity contribution in [2.24, 2.45) is 0 Å². The minimum Gasteiger partial charge on any atom is -0.352 e. The van der Waals surface area contributed by atoms with Crippen molar-refractivity contribution in [1.29, 1.82) is 0 Å². The van der Waals surface area contributed by atoms with Gasteiger partial charge in [0.05, 0.1) is 4.90 Å². The first-order valence-corrected chi connectivity index (χ1v) is 13.7. The quantitative estimate of drug-likeness (QED) is 0.420. The van der Waals surface area contributed by atoms with Gasteiger partial charge in [-0.25, -0.2) is 12.7 Å². The van der Waals surface area contributed by atoms with E-state index in [1.54, 1.807) is 36.4 Å². The Kier molecular flexibility index (Phi) is 11.0. The minimum absolute atomic E-state index is 0.0577. The van der Waals surface area contributed by atoms with E-state index in [1.807, 2.05) is 20.8 Å². The molecule has 7 nitrogen and oxygen atoms in total. The van der Waals surface area contributed by atoms with Crippen molar-refractivity contribution < 1.29 is 18.0 Å². The normalized spacial score (nSPS) is 12.6. The first-order valence-electron chi connectivity index (χ1n) is 11.5. The summed E-state index contributed by atoms with van der Waals surface area (Å²) >= 11 is 12.7. The predicted molar refractivity (Wildman–Crippen MR) is 140 cm³/mol. The number of halogens is 2. The van der Waals surface area contributed by atoms with Crippen molar-refractivity contribution in [1.82, 2.24) is 14.5 Å². The number of nitrogens with zero attached hydrogens (tertiary/aromatic N) is 2. The molecule has 0 aliphatic carbocycles. The van der Waals surface area contributed by atoms with E-state index >= 15 is 0 Å². The van der Waals surface area contributed by atoms with Crippen LogP contribution in [-0.2, 0) is 26.2 Å². The first-order chi connectivity index (χ1) is 16.5. The van der Waals surface area contributed by atoms with Crippen molar-refractivity contribution in [3.8, 4) is 0 Å². The molecule has 0 saturated heterocycles. The Bertz CT molecular complexity index is 1090. The Morgan fingerprint density at radius 2 is 1.60 bits per heavy atom. The van der Waals surface area contributed by atoms with Gasteiger partial charge < -0.3 is 10.2 Å². The van der Waals surface area contributed by atoms with Crippen LogP contribution in [-0.4, -0.2) is 55.1 Å². The fourth-order valence-corrected chi connectivity index (χ4v) is 5.39. The summed E-state index contributed by atoms with van der Waals surface area (Å²) in [7, 11) is -2.17. The van der Waals surface area contributed by atoms with Gasteiger partial charge in [0.15, 0.2) is 0 Å². The molecule has 1 unspecified atom stereocenters. The van der Waals surface area contributed by atoms with Crippen LogP contribution in [0.15, 0.2) is 53.4 Å². The molecule has 1 N–H and O–H groups in total. The van der Waals surface area contributed by atoms with Gasteiger partial charge in [-0.1, -0.05) is 54.4 Å². The molecule has 0 heterocycles. The Hall–Kier alpha value is -2.13. The van der Waals surface area contributed by atoms with Gasteiger partial charge in [-0.05, 0) is 51.0 Å². The molecule has 35 heavy (non-hydrogen) atoms. The summed E-state index contributed by atoms with van der Waals surface area (Å²) < 4.78 is 26.7. The highest BCUT2D eigenvalue weighted by Gasteiger charge is 2.30. The molecule has 2 rings (SSSR count). The van der Waals surface area contributed by atoms with Crippen LogP contribution in [0.3, 0.4) is 0 Å². The number of amides is 2. The molecule has 0 radical (unpaired) electrons. The van der Waals surface area contributed by atoms with Crippen LogP contribution < -0.4 is 5.32 Å². The van der Waals surface area contributed by atoms with Crippen molar-refractivity contribution >= 4 is 45.0 Å². The van der Waals surface area contributed by atoms with E-state index in [0.717, 1.165) is 0 Å². The van der Waals surface area contributed by atoms with E-state index in [9.17, 15) is 18.0 Å². The van der Waals surface area contributed by atoms with Gasteiger partial charge in [-0.15, -0.1) is 0 Å². The fourth-order valence-electron chi connectivity index (χ4n) is 3.64. The summed E-state index contributed by atoms with van der Waals surface area (Å²) in [4.78, 5) is 27.9. The second kappa shape index (κ2) is 13.3. The van der Waals surface area contributed by atoms with Crippen molar-refractivity contribution in [2.75, 3.05) is 13.6 Å². The number of sulfonamides is 1. The van der Waals surface area contributed by atoms with Crippen LogP contribution >= 0.6 is 23.2 Å². The van der Waals surface area contributed by atoms with Crippen LogP contribution in [0.5, 0.6) is 0 Å². The van der Waals surface area contributed by atoms with Crippen LogP contribution in [0, 0.1) is 0 Å². The first kappa shape index (κ1) is 29.1. The summed E-state index contributed by atoms with van der Waals surface area (Å²) in [6.07, 6.45) is 0.743. The van der Waals surface area contributed by atoms with Crippen LogP contribution in [0.2, 0.25) is 10.0 Å². The van der Waals surface area contributed by atoms with Gasteiger partial charge >= 0.3 is 0 Å². The summed E-state index contributed by atoms with van der Waals surface area (Å²) in [6.45, 7) is 5.76. The zero-order valence-electron chi connectivity index (χ0n) is 20.5. The third kappa shape index (κ3) is 7.93. The SMILES string of the molecule is CCC(C(=O)NC(C)C)N(Cc1c(Cl)cccc1Cl)C(=O)CCCN(C)S(=O)(=O)c1ccccc1. The molecular weight excluding hydrogens is 509 g/mol. The van der Waals surface area contributed by atoms with Gasteiger partial charge in [0.2, 0.25) is 21.8 Å². The lowest BCUT2D eigenvalue weighted by molar-refractivity contribution is -0.141. The number of hydrogen-bond donors (Lipinski definition) is 1. The molecule has 0 spiro atoms. The van der Waals surface area contributed by atoms with Crippen LogP contribution in [0.25, 0.3) is 0 Å². The van der Waals surface area contributed by atoms with Gasteiger partial charge in [-0.2, -0.15) is 0 Å². The molecular formula is C25H33Cl2N3O4S. The Morgan fingerprint density at radius 1 is 1.00 bits per heavy atom. The minimum atomic E-state index is -3.66. The third-order valence-corrected chi connectivity index (χ3v) is 8.10. The van der Waals surface area contributed by atoms with Crippen LogP contribution in [0.1, 0.15) is 45.6 Å². The smallest absolute Gasteiger partial charge is 0.243 e. The molecule has 192 valence electrons. The highest BCUT2D eigenvalue weighted by atomic mass is 35.5. The molecule has 0 fully saturated rings. The maximum atomic E-state index is 13.4. The molecule has 0 aromatic heterocycles. The number of rotatable bonds is 12. The Morgan fingerprint density at radius 3 is 2.14 bits per heavy atom. The van der Waals surface area contributed by atoms with E-state index in [-0.39, 0.29) is 48.7 Å². The molecule has 2 aromatic rings. The van der Waals surface area contributed by atoms with E-state index < -0.39 is 16.1 Å². The molecule has 2 amide bonds. The lowest BCUT2D eigenvalue weighted by Gasteiger charge is -2.32. The molecule has 1 atom stereocenters. The second-order valence-electron chi connectivity index (χ2n) is 8.55. The summed E-state index contributed by atoms with van der Waals surface area (Å²) in [5.41, 5.74) is 0.559. The van der Waals surface area contributed by atoms with Gasteiger partial charge in [0.1, 0.15) is 6.04 Å². The van der Waals surface area contributed by atoms with Crippen LogP contribution in [0.4, 0.5) is 0 Å². The van der Waals surface area contributed by atoms with Gasteiger partial charge in [-0.3, -0.25) is 9.59 Å². The van der Waals surface area contributed by atoms with E-state index in [4.69, 9.17) is 23.2 Å². The summed E-state index contributed by atoms with van der Waals surface area (Å²) in [5.74, 6) is -0.542. The summed E-state index contributed by atoms with van der Waals surface area (Å²) in [6, 6.07) is 12.4. The number of hydrogen-bond acceptors (Lipinski definition) is 4. The lowest BCUT2D eigenvalue weighted by atomic mass is 10.1. The summed E-state index contributed by atoms with van der Waals surface area (Å²) in [5, 5.41) is 3.68. The number of nitrogens with one attached hydrogen (secondary N) is 1. The third-order valence-electron chi connectivity index (χ3n) is 5.52. The molecule has 0 saturated carbocycles. The lowest BCUT2D eigenvalue weighted by Crippen LogP contribution is -2.50. The van der Waals surface area contributed by atoms with Gasteiger partial charge in [0, 0.05) is 48.2 Å². The molecule has 10 heteroatoms.